The standard InChI is InChI=1S/C21H25NO4/c1-24-18-8-3-16(4-9-18)5-12-21(23)22-13-14-26-20(15-22)17-6-10-19(25-2)11-7-17/h3-4,6-11,20H,5,12-15H2,1-2H3. The Morgan fingerprint density at radius 1 is 1.04 bits per heavy atom. The summed E-state index contributed by atoms with van der Waals surface area (Å²) in [6.07, 6.45) is 1.15. The van der Waals surface area contributed by atoms with E-state index >= 15 is 0 Å². The first-order chi connectivity index (χ1) is 12.7. The molecule has 1 fully saturated rings. The quantitative estimate of drug-likeness (QED) is 0.798. The Hall–Kier alpha value is -2.53. The minimum Gasteiger partial charge on any atom is -0.497 e. The molecule has 1 aliphatic rings. The van der Waals surface area contributed by atoms with Crippen molar-refractivity contribution >= 4 is 5.91 Å². The minimum absolute atomic E-state index is 0.0837. The first-order valence-electron chi connectivity index (χ1n) is 8.86. The van der Waals surface area contributed by atoms with Crippen LogP contribution in [0.15, 0.2) is 48.5 Å². The van der Waals surface area contributed by atoms with Crippen molar-refractivity contribution in [2.75, 3.05) is 33.9 Å². The number of ether oxygens (including phenoxy) is 3. The van der Waals surface area contributed by atoms with E-state index in [-0.39, 0.29) is 12.0 Å². The Bertz CT molecular complexity index is 712. The van der Waals surface area contributed by atoms with Gasteiger partial charge in [0.05, 0.1) is 27.4 Å². The summed E-state index contributed by atoms with van der Waals surface area (Å²) in [6.45, 7) is 1.80. The zero-order valence-corrected chi connectivity index (χ0v) is 15.3. The van der Waals surface area contributed by atoms with Crippen LogP contribution in [-0.2, 0) is 16.0 Å². The summed E-state index contributed by atoms with van der Waals surface area (Å²) in [5, 5.41) is 0. The van der Waals surface area contributed by atoms with Crippen molar-refractivity contribution in [3.63, 3.8) is 0 Å². The number of hydrogen-bond donors (Lipinski definition) is 0. The molecule has 1 saturated heterocycles. The van der Waals surface area contributed by atoms with Crippen LogP contribution in [0.4, 0.5) is 0 Å². The number of carbonyl (C=O) groups is 1. The Balaban J connectivity index is 1.54. The molecule has 1 heterocycles. The van der Waals surface area contributed by atoms with Crippen molar-refractivity contribution in [2.24, 2.45) is 0 Å². The summed E-state index contributed by atoms with van der Waals surface area (Å²) < 4.78 is 16.2. The molecule has 2 aromatic carbocycles. The molecule has 138 valence electrons. The van der Waals surface area contributed by atoms with E-state index < -0.39 is 0 Å². The maximum atomic E-state index is 12.6. The fourth-order valence-electron chi connectivity index (χ4n) is 3.10. The molecule has 5 heteroatoms. The van der Waals surface area contributed by atoms with Gasteiger partial charge in [0.2, 0.25) is 5.91 Å². The molecule has 0 spiro atoms. The summed E-state index contributed by atoms with van der Waals surface area (Å²) in [5.41, 5.74) is 2.21. The van der Waals surface area contributed by atoms with E-state index in [0.29, 0.717) is 26.1 Å². The molecule has 1 atom stereocenters. The average molecular weight is 355 g/mol. The highest BCUT2D eigenvalue weighted by molar-refractivity contribution is 5.76. The van der Waals surface area contributed by atoms with Gasteiger partial charge in [-0.2, -0.15) is 0 Å². The molecular weight excluding hydrogens is 330 g/mol. The van der Waals surface area contributed by atoms with Crippen molar-refractivity contribution < 1.29 is 19.0 Å². The number of morpholine rings is 1. The van der Waals surface area contributed by atoms with Gasteiger partial charge in [-0.15, -0.1) is 0 Å². The molecule has 0 saturated carbocycles. The number of amides is 1. The molecule has 0 bridgehead atoms. The van der Waals surface area contributed by atoms with Gasteiger partial charge >= 0.3 is 0 Å². The molecule has 3 rings (SSSR count). The highest BCUT2D eigenvalue weighted by atomic mass is 16.5. The molecule has 0 radical (unpaired) electrons. The third-order valence-corrected chi connectivity index (χ3v) is 4.69. The van der Waals surface area contributed by atoms with Crippen LogP contribution in [0, 0.1) is 0 Å². The van der Waals surface area contributed by atoms with E-state index in [2.05, 4.69) is 0 Å². The van der Waals surface area contributed by atoms with Gasteiger partial charge in [-0.3, -0.25) is 4.79 Å². The van der Waals surface area contributed by atoms with E-state index in [1.165, 1.54) is 0 Å². The molecule has 5 nitrogen and oxygen atoms in total. The van der Waals surface area contributed by atoms with Crippen LogP contribution in [0.25, 0.3) is 0 Å². The first kappa shape index (κ1) is 18.3. The van der Waals surface area contributed by atoms with Crippen LogP contribution < -0.4 is 9.47 Å². The number of rotatable bonds is 6. The van der Waals surface area contributed by atoms with Gasteiger partial charge in [0.1, 0.15) is 17.6 Å². The highest BCUT2D eigenvalue weighted by Crippen LogP contribution is 2.25. The number of carbonyl (C=O) groups excluding carboxylic acids is 1. The molecular formula is C21H25NO4. The third-order valence-electron chi connectivity index (χ3n) is 4.69. The largest absolute Gasteiger partial charge is 0.497 e. The second-order valence-electron chi connectivity index (χ2n) is 6.32. The van der Waals surface area contributed by atoms with Crippen LogP contribution in [0.3, 0.4) is 0 Å². The molecule has 2 aromatic rings. The van der Waals surface area contributed by atoms with Crippen molar-refractivity contribution in [1.29, 1.82) is 0 Å². The van der Waals surface area contributed by atoms with E-state index in [9.17, 15) is 4.79 Å². The lowest BCUT2D eigenvalue weighted by atomic mass is 10.1. The summed E-state index contributed by atoms with van der Waals surface area (Å²) in [4.78, 5) is 14.5. The van der Waals surface area contributed by atoms with E-state index in [0.717, 1.165) is 29.0 Å². The summed E-state index contributed by atoms with van der Waals surface area (Å²) in [5.74, 6) is 1.82. The fourth-order valence-corrected chi connectivity index (χ4v) is 3.10. The number of hydrogen-bond acceptors (Lipinski definition) is 4. The molecule has 1 amide bonds. The topological polar surface area (TPSA) is 48.0 Å². The normalized spacial score (nSPS) is 17.0. The van der Waals surface area contributed by atoms with Gasteiger partial charge in [0.25, 0.3) is 0 Å². The molecule has 1 unspecified atom stereocenters. The lowest BCUT2D eigenvalue weighted by molar-refractivity contribution is -0.139. The predicted molar refractivity (Wildman–Crippen MR) is 99.6 cm³/mol. The maximum Gasteiger partial charge on any atom is 0.223 e. The Kier molecular flexibility index (Phi) is 6.12. The predicted octanol–water partition coefficient (Wildman–Crippen LogP) is 3.24. The number of aryl methyl sites for hydroxylation is 1. The average Bonchev–Trinajstić information content (AvgIpc) is 2.72. The first-order valence-corrected chi connectivity index (χ1v) is 8.86. The summed E-state index contributed by atoms with van der Waals surface area (Å²) in [6, 6.07) is 15.7. The van der Waals surface area contributed by atoms with Gasteiger partial charge < -0.3 is 19.1 Å². The van der Waals surface area contributed by atoms with Gasteiger partial charge in [0.15, 0.2) is 0 Å². The van der Waals surface area contributed by atoms with Crippen LogP contribution in [0.2, 0.25) is 0 Å². The van der Waals surface area contributed by atoms with Gasteiger partial charge in [-0.25, -0.2) is 0 Å². The van der Waals surface area contributed by atoms with Crippen LogP contribution in [-0.4, -0.2) is 44.7 Å². The molecule has 0 N–H and O–H groups in total. The lowest BCUT2D eigenvalue weighted by Gasteiger charge is -2.33. The van der Waals surface area contributed by atoms with E-state index in [1.54, 1.807) is 14.2 Å². The van der Waals surface area contributed by atoms with Crippen molar-refractivity contribution in [3.05, 3.63) is 59.7 Å². The number of nitrogens with zero attached hydrogens (tertiary/aromatic N) is 1. The third kappa shape index (κ3) is 4.55. The van der Waals surface area contributed by atoms with Crippen LogP contribution in [0.1, 0.15) is 23.7 Å². The monoisotopic (exact) mass is 355 g/mol. The Morgan fingerprint density at radius 3 is 2.27 bits per heavy atom. The Labute approximate surface area is 154 Å². The van der Waals surface area contributed by atoms with Crippen LogP contribution in [0.5, 0.6) is 11.5 Å². The fraction of sp³-hybridized carbons (Fsp3) is 0.381. The van der Waals surface area contributed by atoms with E-state index in [1.807, 2.05) is 53.4 Å². The maximum absolute atomic E-state index is 12.6. The number of methoxy groups -OCH3 is 2. The van der Waals surface area contributed by atoms with Crippen LogP contribution >= 0.6 is 0 Å². The van der Waals surface area contributed by atoms with Gasteiger partial charge in [-0.1, -0.05) is 24.3 Å². The van der Waals surface area contributed by atoms with Crippen molar-refractivity contribution in [1.82, 2.24) is 4.90 Å². The zero-order chi connectivity index (χ0) is 18.4. The molecule has 1 aliphatic heterocycles. The molecule has 26 heavy (non-hydrogen) atoms. The van der Waals surface area contributed by atoms with E-state index in [4.69, 9.17) is 14.2 Å². The smallest absolute Gasteiger partial charge is 0.223 e. The molecule has 0 aromatic heterocycles. The summed E-state index contributed by atoms with van der Waals surface area (Å²) >= 11 is 0. The Morgan fingerprint density at radius 2 is 1.65 bits per heavy atom. The second kappa shape index (κ2) is 8.72. The van der Waals surface area contributed by atoms with Gasteiger partial charge in [0, 0.05) is 13.0 Å². The lowest BCUT2D eigenvalue weighted by Crippen LogP contribution is -2.42. The zero-order valence-electron chi connectivity index (χ0n) is 15.3. The highest BCUT2D eigenvalue weighted by Gasteiger charge is 2.25. The SMILES string of the molecule is COc1ccc(CCC(=O)N2CCOC(c3ccc(OC)cc3)C2)cc1. The van der Waals surface area contributed by atoms with Crippen molar-refractivity contribution in [2.45, 2.75) is 18.9 Å². The van der Waals surface area contributed by atoms with Crippen molar-refractivity contribution in [3.8, 4) is 11.5 Å². The van der Waals surface area contributed by atoms with Gasteiger partial charge in [-0.05, 0) is 41.8 Å². The number of benzene rings is 2. The summed E-state index contributed by atoms with van der Waals surface area (Å²) in [7, 11) is 3.30. The minimum atomic E-state index is -0.0837. The molecule has 0 aliphatic carbocycles. The second-order valence-corrected chi connectivity index (χ2v) is 6.32.